The van der Waals surface area contributed by atoms with Crippen molar-refractivity contribution in [1.29, 1.82) is 0 Å². The molecule has 0 bridgehead atoms. The third-order valence-electron chi connectivity index (χ3n) is 2.52. The highest BCUT2D eigenvalue weighted by molar-refractivity contribution is 9.10. The van der Waals surface area contributed by atoms with Crippen molar-refractivity contribution < 1.29 is 9.18 Å². The van der Waals surface area contributed by atoms with Crippen molar-refractivity contribution in [3.63, 3.8) is 0 Å². The molecule has 6 heteroatoms. The lowest BCUT2D eigenvalue weighted by molar-refractivity contribution is 0.1000. The predicted octanol–water partition coefficient (Wildman–Crippen LogP) is 2.69. The second kappa shape index (κ2) is 5.79. The van der Waals surface area contributed by atoms with E-state index in [1.54, 1.807) is 18.2 Å². The van der Waals surface area contributed by atoms with Gasteiger partial charge in [-0.2, -0.15) is 0 Å². The summed E-state index contributed by atoms with van der Waals surface area (Å²) >= 11 is 3.35. The highest BCUT2D eigenvalue weighted by atomic mass is 79.9. The molecule has 0 fully saturated rings. The number of amides is 1. The zero-order valence-electron chi connectivity index (χ0n) is 9.86. The minimum absolute atomic E-state index is 0.294. The molecule has 2 aromatic rings. The molecule has 0 aliphatic rings. The van der Waals surface area contributed by atoms with Crippen LogP contribution in [0.5, 0.6) is 0 Å². The van der Waals surface area contributed by atoms with Crippen molar-refractivity contribution in [3.05, 3.63) is 57.9 Å². The minimum atomic E-state index is -0.521. The number of hydrogen-bond acceptors (Lipinski definition) is 3. The van der Waals surface area contributed by atoms with Crippen LogP contribution in [0, 0.1) is 5.82 Å². The van der Waals surface area contributed by atoms with Crippen LogP contribution in [0.3, 0.4) is 0 Å². The summed E-state index contributed by atoms with van der Waals surface area (Å²) in [6.45, 7) is 0.418. The van der Waals surface area contributed by atoms with Gasteiger partial charge in [-0.1, -0.05) is 15.9 Å². The Labute approximate surface area is 118 Å². The van der Waals surface area contributed by atoms with Gasteiger partial charge in [0.15, 0.2) is 0 Å². The molecule has 19 heavy (non-hydrogen) atoms. The van der Waals surface area contributed by atoms with Crippen LogP contribution in [0.25, 0.3) is 0 Å². The van der Waals surface area contributed by atoms with E-state index in [-0.39, 0.29) is 5.82 Å². The zero-order valence-corrected chi connectivity index (χ0v) is 11.4. The summed E-state index contributed by atoms with van der Waals surface area (Å²) in [4.78, 5) is 14.9. The quantitative estimate of drug-likeness (QED) is 0.909. The maximum atomic E-state index is 13.1. The standard InChI is InChI=1S/C13H11BrFN3O/c14-11-3-2-10(15)5-9(11)7-18-12-4-1-8(6-17-12)13(16)19/h1-6H,7H2,(H2,16,19)(H,17,18). The van der Waals surface area contributed by atoms with Gasteiger partial charge in [0.2, 0.25) is 5.91 Å². The number of nitrogens with one attached hydrogen (secondary N) is 1. The van der Waals surface area contributed by atoms with Gasteiger partial charge >= 0.3 is 0 Å². The summed E-state index contributed by atoms with van der Waals surface area (Å²) in [6, 6.07) is 7.70. The lowest BCUT2D eigenvalue weighted by Crippen LogP contribution is -2.11. The van der Waals surface area contributed by atoms with Crippen LogP contribution in [-0.2, 0) is 6.54 Å². The normalized spacial score (nSPS) is 10.2. The molecule has 1 aromatic heterocycles. The Kier molecular flexibility index (Phi) is 4.11. The molecule has 2 rings (SSSR count). The number of benzene rings is 1. The summed E-state index contributed by atoms with van der Waals surface area (Å²) in [6.07, 6.45) is 1.39. The van der Waals surface area contributed by atoms with Crippen molar-refractivity contribution in [1.82, 2.24) is 4.98 Å². The second-order valence-corrected chi connectivity index (χ2v) is 4.74. The number of pyridine rings is 1. The van der Waals surface area contributed by atoms with Crippen LogP contribution in [0.15, 0.2) is 41.0 Å². The van der Waals surface area contributed by atoms with E-state index in [2.05, 4.69) is 26.2 Å². The molecule has 0 unspecified atom stereocenters. The van der Waals surface area contributed by atoms with E-state index in [0.29, 0.717) is 17.9 Å². The Morgan fingerprint density at radius 3 is 2.79 bits per heavy atom. The molecule has 1 heterocycles. The molecule has 0 saturated carbocycles. The van der Waals surface area contributed by atoms with Crippen LogP contribution < -0.4 is 11.1 Å². The fourth-order valence-corrected chi connectivity index (χ4v) is 1.90. The number of carbonyl (C=O) groups is 1. The molecule has 0 aliphatic carbocycles. The number of aromatic nitrogens is 1. The molecule has 0 saturated heterocycles. The number of rotatable bonds is 4. The van der Waals surface area contributed by atoms with Gasteiger partial charge in [-0.05, 0) is 35.9 Å². The van der Waals surface area contributed by atoms with Crippen LogP contribution in [0.4, 0.5) is 10.2 Å². The molecular weight excluding hydrogens is 313 g/mol. The molecule has 0 radical (unpaired) electrons. The Morgan fingerprint density at radius 1 is 1.37 bits per heavy atom. The maximum absolute atomic E-state index is 13.1. The fraction of sp³-hybridized carbons (Fsp3) is 0.0769. The van der Waals surface area contributed by atoms with Gasteiger partial charge in [-0.15, -0.1) is 0 Å². The van der Waals surface area contributed by atoms with E-state index in [9.17, 15) is 9.18 Å². The van der Waals surface area contributed by atoms with Gasteiger partial charge in [0, 0.05) is 17.2 Å². The summed E-state index contributed by atoms with van der Waals surface area (Å²) in [5, 5.41) is 3.04. The molecule has 0 atom stereocenters. The van der Waals surface area contributed by atoms with Crippen LogP contribution >= 0.6 is 15.9 Å². The molecular formula is C13H11BrFN3O. The summed E-state index contributed by atoms with van der Waals surface area (Å²) in [7, 11) is 0. The maximum Gasteiger partial charge on any atom is 0.250 e. The van der Waals surface area contributed by atoms with Gasteiger partial charge in [-0.25, -0.2) is 9.37 Å². The second-order valence-electron chi connectivity index (χ2n) is 3.89. The molecule has 0 aliphatic heterocycles. The Hall–Kier alpha value is -1.95. The Balaban J connectivity index is 2.06. The lowest BCUT2D eigenvalue weighted by Gasteiger charge is -2.08. The number of halogens is 2. The van der Waals surface area contributed by atoms with Crippen molar-refractivity contribution >= 4 is 27.7 Å². The first-order chi connectivity index (χ1) is 9.06. The highest BCUT2D eigenvalue weighted by Crippen LogP contribution is 2.19. The van der Waals surface area contributed by atoms with Crippen molar-refractivity contribution in [2.24, 2.45) is 5.73 Å². The van der Waals surface area contributed by atoms with Crippen LogP contribution in [-0.4, -0.2) is 10.9 Å². The Morgan fingerprint density at radius 2 is 2.16 bits per heavy atom. The number of primary amides is 1. The van der Waals surface area contributed by atoms with E-state index in [1.165, 1.54) is 18.3 Å². The zero-order chi connectivity index (χ0) is 13.8. The number of nitrogens with zero attached hydrogens (tertiary/aromatic N) is 1. The average molecular weight is 324 g/mol. The lowest BCUT2D eigenvalue weighted by atomic mass is 10.2. The van der Waals surface area contributed by atoms with Gasteiger partial charge in [0.25, 0.3) is 0 Å². The first-order valence-electron chi connectivity index (χ1n) is 5.50. The Bertz CT molecular complexity index is 601. The third-order valence-corrected chi connectivity index (χ3v) is 3.29. The van der Waals surface area contributed by atoms with Gasteiger partial charge in [0.05, 0.1) is 5.56 Å². The fourth-order valence-electron chi connectivity index (χ4n) is 1.51. The third kappa shape index (κ3) is 3.51. The number of anilines is 1. The smallest absolute Gasteiger partial charge is 0.250 e. The molecule has 3 N–H and O–H groups in total. The molecule has 1 aromatic carbocycles. The first-order valence-corrected chi connectivity index (χ1v) is 6.29. The average Bonchev–Trinajstić information content (AvgIpc) is 2.40. The highest BCUT2D eigenvalue weighted by Gasteiger charge is 2.04. The van der Waals surface area contributed by atoms with Gasteiger partial charge in [0.1, 0.15) is 11.6 Å². The van der Waals surface area contributed by atoms with E-state index < -0.39 is 5.91 Å². The van der Waals surface area contributed by atoms with E-state index in [1.807, 2.05) is 0 Å². The summed E-state index contributed by atoms with van der Waals surface area (Å²) in [5.41, 5.74) is 6.24. The molecule has 98 valence electrons. The van der Waals surface area contributed by atoms with Crippen molar-refractivity contribution in [2.75, 3.05) is 5.32 Å². The van der Waals surface area contributed by atoms with Crippen LogP contribution in [0.1, 0.15) is 15.9 Å². The van der Waals surface area contributed by atoms with Gasteiger partial charge < -0.3 is 11.1 Å². The number of hydrogen-bond donors (Lipinski definition) is 2. The van der Waals surface area contributed by atoms with Crippen molar-refractivity contribution in [2.45, 2.75) is 6.54 Å². The van der Waals surface area contributed by atoms with E-state index in [0.717, 1.165) is 10.0 Å². The molecule has 1 amide bonds. The largest absolute Gasteiger partial charge is 0.366 e. The monoisotopic (exact) mass is 323 g/mol. The number of nitrogens with two attached hydrogens (primary N) is 1. The first kappa shape index (κ1) is 13.5. The van der Waals surface area contributed by atoms with Crippen molar-refractivity contribution in [3.8, 4) is 0 Å². The van der Waals surface area contributed by atoms with E-state index >= 15 is 0 Å². The molecule has 4 nitrogen and oxygen atoms in total. The number of carbonyl (C=O) groups excluding carboxylic acids is 1. The van der Waals surface area contributed by atoms with Gasteiger partial charge in [-0.3, -0.25) is 4.79 Å². The van der Waals surface area contributed by atoms with Crippen LogP contribution in [0.2, 0.25) is 0 Å². The minimum Gasteiger partial charge on any atom is -0.366 e. The summed E-state index contributed by atoms with van der Waals surface area (Å²) < 4.78 is 13.9. The summed E-state index contributed by atoms with van der Waals surface area (Å²) in [5.74, 6) is -0.231. The molecule has 0 spiro atoms. The predicted molar refractivity (Wildman–Crippen MR) is 74.2 cm³/mol. The van der Waals surface area contributed by atoms with E-state index in [4.69, 9.17) is 5.73 Å². The SMILES string of the molecule is NC(=O)c1ccc(NCc2cc(F)ccc2Br)nc1. The topological polar surface area (TPSA) is 68.0 Å².